The summed E-state index contributed by atoms with van der Waals surface area (Å²) in [6.45, 7) is 0. The molecule has 0 aliphatic heterocycles. The van der Waals surface area contributed by atoms with Crippen molar-refractivity contribution in [2.75, 3.05) is 12.4 Å². The maximum atomic E-state index is 4.35. The van der Waals surface area contributed by atoms with Gasteiger partial charge in [0.25, 0.3) is 0 Å². The minimum Gasteiger partial charge on any atom is -0.372 e. The zero-order chi connectivity index (χ0) is 9.97. The molecule has 0 bridgehead atoms. The highest BCUT2D eigenvalue weighted by Gasteiger charge is 2.02. The van der Waals surface area contributed by atoms with Gasteiger partial charge in [-0.1, -0.05) is 0 Å². The highest BCUT2D eigenvalue weighted by molar-refractivity contribution is 5.57. The first kappa shape index (κ1) is 8.68. The van der Waals surface area contributed by atoms with Gasteiger partial charge in [-0.15, -0.1) is 0 Å². The average Bonchev–Trinajstić information content (AvgIpc) is 2.65. The molecule has 0 atom stereocenters. The largest absolute Gasteiger partial charge is 0.372 e. The second kappa shape index (κ2) is 3.45. The van der Waals surface area contributed by atoms with Crippen molar-refractivity contribution < 1.29 is 0 Å². The zero-order valence-electron chi connectivity index (χ0n) is 8.10. The minimum atomic E-state index is 0.756. The molecule has 0 saturated carbocycles. The summed E-state index contributed by atoms with van der Waals surface area (Å²) in [5.74, 6) is 0.756. The van der Waals surface area contributed by atoms with Gasteiger partial charge in [0.2, 0.25) is 0 Å². The third-order valence-corrected chi connectivity index (χ3v) is 1.89. The quantitative estimate of drug-likeness (QED) is 0.763. The molecule has 0 aliphatic carbocycles. The molecule has 0 amide bonds. The van der Waals surface area contributed by atoms with Crippen LogP contribution in [-0.4, -0.2) is 26.8 Å². The van der Waals surface area contributed by atoms with Gasteiger partial charge in [-0.3, -0.25) is 9.67 Å². The first-order valence-electron chi connectivity index (χ1n) is 4.28. The van der Waals surface area contributed by atoms with Crippen molar-refractivity contribution in [1.82, 2.24) is 19.7 Å². The third kappa shape index (κ3) is 1.56. The minimum absolute atomic E-state index is 0.756. The predicted octanol–water partition coefficient (Wildman–Crippen LogP) is 0.919. The summed E-state index contributed by atoms with van der Waals surface area (Å²) in [6.07, 6.45) is 7.07. The highest BCUT2D eigenvalue weighted by atomic mass is 15.2. The van der Waals surface area contributed by atoms with E-state index in [9.17, 15) is 0 Å². The third-order valence-electron chi connectivity index (χ3n) is 1.89. The molecule has 5 heteroatoms. The van der Waals surface area contributed by atoms with Gasteiger partial charge < -0.3 is 5.32 Å². The van der Waals surface area contributed by atoms with Crippen molar-refractivity contribution in [3.8, 4) is 11.3 Å². The van der Waals surface area contributed by atoms with Crippen LogP contribution in [0.2, 0.25) is 0 Å². The molecule has 2 heterocycles. The van der Waals surface area contributed by atoms with Crippen LogP contribution in [0.3, 0.4) is 0 Å². The van der Waals surface area contributed by atoms with Crippen LogP contribution in [0.25, 0.3) is 11.3 Å². The molecule has 0 aromatic carbocycles. The summed E-state index contributed by atoms with van der Waals surface area (Å²) in [7, 11) is 3.69. The molecule has 72 valence electrons. The Labute approximate surface area is 81.8 Å². The molecule has 0 aliphatic rings. The zero-order valence-corrected chi connectivity index (χ0v) is 8.10. The van der Waals surface area contributed by atoms with Crippen LogP contribution in [0.4, 0.5) is 5.82 Å². The van der Waals surface area contributed by atoms with E-state index in [1.165, 1.54) is 0 Å². The Hall–Kier alpha value is -1.91. The monoisotopic (exact) mass is 189 g/mol. The van der Waals surface area contributed by atoms with Crippen LogP contribution in [-0.2, 0) is 7.05 Å². The lowest BCUT2D eigenvalue weighted by molar-refractivity contribution is 0.768. The number of aromatic nitrogens is 4. The van der Waals surface area contributed by atoms with Crippen molar-refractivity contribution in [2.24, 2.45) is 7.05 Å². The lowest BCUT2D eigenvalue weighted by Crippen LogP contribution is -1.94. The maximum Gasteiger partial charge on any atom is 0.144 e. The van der Waals surface area contributed by atoms with Crippen molar-refractivity contribution >= 4 is 5.82 Å². The van der Waals surface area contributed by atoms with E-state index in [4.69, 9.17) is 0 Å². The number of hydrogen-bond donors (Lipinski definition) is 1. The van der Waals surface area contributed by atoms with Crippen molar-refractivity contribution in [3.63, 3.8) is 0 Å². The first-order chi connectivity index (χ1) is 6.79. The van der Waals surface area contributed by atoms with Crippen molar-refractivity contribution in [2.45, 2.75) is 0 Å². The lowest BCUT2D eigenvalue weighted by Gasteiger charge is -1.99. The van der Waals surface area contributed by atoms with Gasteiger partial charge in [0.15, 0.2) is 0 Å². The van der Waals surface area contributed by atoms with E-state index < -0.39 is 0 Å². The normalized spacial score (nSPS) is 10.1. The standard InChI is InChI=1S/C9H11N5/c1-10-9-5-11-4-8(13-9)7-3-12-14(2)6-7/h3-6H,1-2H3,(H,10,13). The van der Waals surface area contributed by atoms with Gasteiger partial charge in [-0.05, 0) is 0 Å². The molecule has 5 nitrogen and oxygen atoms in total. The molecule has 0 spiro atoms. The Morgan fingerprint density at radius 2 is 2.14 bits per heavy atom. The summed E-state index contributed by atoms with van der Waals surface area (Å²) in [5.41, 5.74) is 1.79. The Balaban J connectivity index is 2.41. The fourth-order valence-electron chi connectivity index (χ4n) is 1.18. The summed E-state index contributed by atoms with van der Waals surface area (Å²) >= 11 is 0. The number of aryl methyl sites for hydroxylation is 1. The van der Waals surface area contributed by atoms with Gasteiger partial charge in [0, 0.05) is 25.9 Å². The molecule has 2 rings (SSSR count). The van der Waals surface area contributed by atoms with E-state index in [0.29, 0.717) is 0 Å². The van der Waals surface area contributed by atoms with E-state index in [0.717, 1.165) is 17.1 Å². The van der Waals surface area contributed by atoms with Crippen molar-refractivity contribution in [3.05, 3.63) is 24.8 Å². The highest BCUT2D eigenvalue weighted by Crippen LogP contribution is 2.15. The van der Waals surface area contributed by atoms with Crippen LogP contribution in [0, 0.1) is 0 Å². The number of nitrogens with one attached hydrogen (secondary N) is 1. The molecule has 14 heavy (non-hydrogen) atoms. The molecule has 2 aromatic rings. The maximum absolute atomic E-state index is 4.35. The predicted molar refractivity (Wildman–Crippen MR) is 53.8 cm³/mol. The lowest BCUT2D eigenvalue weighted by atomic mass is 10.3. The summed E-state index contributed by atoms with van der Waals surface area (Å²) in [5, 5.41) is 7.02. The molecular weight excluding hydrogens is 178 g/mol. The molecule has 0 unspecified atom stereocenters. The molecular formula is C9H11N5. The van der Waals surface area contributed by atoms with Crippen LogP contribution in [0.5, 0.6) is 0 Å². The molecule has 1 N–H and O–H groups in total. The van der Waals surface area contributed by atoms with E-state index in [-0.39, 0.29) is 0 Å². The number of rotatable bonds is 2. The Bertz CT molecular complexity index is 434. The summed E-state index contributed by atoms with van der Waals surface area (Å²) < 4.78 is 1.74. The summed E-state index contributed by atoms with van der Waals surface area (Å²) in [4.78, 5) is 8.43. The Kier molecular flexibility index (Phi) is 2.14. The molecule has 0 saturated heterocycles. The van der Waals surface area contributed by atoms with Crippen LogP contribution in [0.1, 0.15) is 0 Å². The fourth-order valence-corrected chi connectivity index (χ4v) is 1.18. The fraction of sp³-hybridized carbons (Fsp3) is 0.222. The van der Waals surface area contributed by atoms with E-state index >= 15 is 0 Å². The van der Waals surface area contributed by atoms with Crippen LogP contribution in [0.15, 0.2) is 24.8 Å². The van der Waals surface area contributed by atoms with E-state index in [1.807, 2.05) is 20.3 Å². The van der Waals surface area contributed by atoms with Crippen molar-refractivity contribution in [1.29, 1.82) is 0 Å². The SMILES string of the molecule is CNc1cncc(-c2cnn(C)c2)n1. The topological polar surface area (TPSA) is 55.6 Å². The van der Waals surface area contributed by atoms with Gasteiger partial charge in [-0.2, -0.15) is 5.10 Å². The number of hydrogen-bond acceptors (Lipinski definition) is 4. The molecule has 0 radical (unpaired) electrons. The van der Waals surface area contributed by atoms with Crippen LogP contribution >= 0.6 is 0 Å². The number of nitrogens with zero attached hydrogens (tertiary/aromatic N) is 4. The second-order valence-corrected chi connectivity index (χ2v) is 2.94. The summed E-state index contributed by atoms with van der Waals surface area (Å²) in [6, 6.07) is 0. The van der Waals surface area contributed by atoms with Crippen LogP contribution < -0.4 is 5.32 Å². The Morgan fingerprint density at radius 1 is 1.29 bits per heavy atom. The van der Waals surface area contributed by atoms with E-state index in [2.05, 4.69) is 20.4 Å². The molecule has 0 fully saturated rings. The number of anilines is 1. The van der Waals surface area contributed by atoms with E-state index in [1.54, 1.807) is 23.3 Å². The Morgan fingerprint density at radius 3 is 2.79 bits per heavy atom. The second-order valence-electron chi connectivity index (χ2n) is 2.94. The van der Waals surface area contributed by atoms with Gasteiger partial charge >= 0.3 is 0 Å². The van der Waals surface area contributed by atoms with Gasteiger partial charge in [0.1, 0.15) is 5.82 Å². The smallest absolute Gasteiger partial charge is 0.144 e. The first-order valence-corrected chi connectivity index (χ1v) is 4.28. The average molecular weight is 189 g/mol. The van der Waals surface area contributed by atoms with Gasteiger partial charge in [0.05, 0.1) is 24.3 Å². The van der Waals surface area contributed by atoms with Gasteiger partial charge in [-0.25, -0.2) is 4.98 Å². The molecule has 2 aromatic heterocycles.